The van der Waals surface area contributed by atoms with Crippen LogP contribution in [0.25, 0.3) is 0 Å². The van der Waals surface area contributed by atoms with Crippen LogP contribution in [0.2, 0.25) is 0 Å². The number of nitrogen functional groups attached to an aromatic ring is 1. The first-order valence-electron chi connectivity index (χ1n) is 7.57. The summed E-state index contributed by atoms with van der Waals surface area (Å²) in [7, 11) is 0. The molecule has 0 unspecified atom stereocenters. The molecule has 0 radical (unpaired) electrons. The summed E-state index contributed by atoms with van der Waals surface area (Å²) in [6.45, 7) is 0. The van der Waals surface area contributed by atoms with E-state index in [9.17, 15) is 15.2 Å². The Morgan fingerprint density at radius 1 is 1.19 bits per heavy atom. The fraction of sp³-hybridized carbons (Fsp3) is 0. The molecule has 0 bridgehead atoms. The Hall–Kier alpha value is -4.12. The first kappa shape index (κ1) is 16.7. The number of nitrogens with zero attached hydrogens (tertiary/aromatic N) is 4. The van der Waals surface area contributed by atoms with E-state index in [1.807, 2.05) is 12.1 Å². The van der Waals surface area contributed by atoms with Gasteiger partial charge in [-0.2, -0.15) is 20.0 Å². The molecule has 0 spiro atoms. The van der Waals surface area contributed by atoms with Gasteiger partial charge in [0.2, 0.25) is 5.95 Å². The molecule has 26 heavy (non-hydrogen) atoms. The summed E-state index contributed by atoms with van der Waals surface area (Å²) in [4.78, 5) is 16.6. The topological polar surface area (TPSA) is 129 Å². The summed E-state index contributed by atoms with van der Waals surface area (Å²) in [5, 5.41) is 25.9. The van der Waals surface area contributed by atoms with Gasteiger partial charge in [0.15, 0.2) is 11.4 Å². The maximum atomic E-state index is 12.5. The van der Waals surface area contributed by atoms with E-state index in [-0.39, 0.29) is 23.1 Å². The molecule has 2 aromatic carbocycles. The molecule has 0 saturated carbocycles. The van der Waals surface area contributed by atoms with Gasteiger partial charge >= 0.3 is 0 Å². The van der Waals surface area contributed by atoms with E-state index in [1.165, 1.54) is 12.3 Å². The number of rotatable bonds is 4. The second-order valence-corrected chi connectivity index (χ2v) is 5.22. The highest BCUT2D eigenvalue weighted by molar-refractivity contribution is 5.83. The molecule has 4 N–H and O–H groups in total. The lowest BCUT2D eigenvalue weighted by atomic mass is 10.2. The third kappa shape index (κ3) is 3.37. The van der Waals surface area contributed by atoms with Gasteiger partial charge in [0.05, 0.1) is 6.21 Å². The van der Waals surface area contributed by atoms with Crippen molar-refractivity contribution in [2.24, 2.45) is 5.10 Å². The predicted molar refractivity (Wildman–Crippen MR) is 98.4 cm³/mol. The van der Waals surface area contributed by atoms with Gasteiger partial charge in [0, 0.05) is 11.3 Å². The molecule has 0 fully saturated rings. The van der Waals surface area contributed by atoms with E-state index in [4.69, 9.17) is 5.73 Å². The summed E-state index contributed by atoms with van der Waals surface area (Å²) in [6, 6.07) is 17.3. The van der Waals surface area contributed by atoms with E-state index in [0.717, 1.165) is 4.68 Å². The van der Waals surface area contributed by atoms with Gasteiger partial charge in [-0.05, 0) is 24.3 Å². The van der Waals surface area contributed by atoms with Crippen LogP contribution in [0.4, 0.5) is 17.5 Å². The Morgan fingerprint density at radius 3 is 2.58 bits per heavy atom. The average molecular weight is 346 g/mol. The zero-order valence-corrected chi connectivity index (χ0v) is 13.5. The van der Waals surface area contributed by atoms with Gasteiger partial charge < -0.3 is 16.2 Å². The molecular formula is C18H14N6O2. The van der Waals surface area contributed by atoms with Crippen LogP contribution >= 0.6 is 0 Å². The monoisotopic (exact) mass is 346 g/mol. The minimum absolute atomic E-state index is 0.00120. The van der Waals surface area contributed by atoms with Gasteiger partial charge in [-0.25, -0.2) is 0 Å². The average Bonchev–Trinajstić information content (AvgIpc) is 2.64. The quantitative estimate of drug-likeness (QED) is 0.620. The standard InChI is InChI=1S/C18H14N6O2/c19-10-14-16(22-13-7-2-1-3-8-13)23-18(20)24(17(14)26)21-11-12-6-4-5-9-15(12)25/h1-9,11,22,25H,(H2,20,23)/b21-11+. The maximum absolute atomic E-state index is 12.5. The summed E-state index contributed by atoms with van der Waals surface area (Å²) < 4.78 is 0.807. The number of hydrogen-bond acceptors (Lipinski definition) is 7. The highest BCUT2D eigenvalue weighted by Gasteiger charge is 2.15. The third-order valence-electron chi connectivity index (χ3n) is 3.48. The minimum atomic E-state index is -0.717. The lowest BCUT2D eigenvalue weighted by Crippen LogP contribution is -2.25. The number of nitrogens with two attached hydrogens (primary N) is 1. The van der Waals surface area contributed by atoms with Crippen molar-refractivity contribution in [3.8, 4) is 11.8 Å². The van der Waals surface area contributed by atoms with Crippen molar-refractivity contribution in [3.05, 3.63) is 76.1 Å². The van der Waals surface area contributed by atoms with Gasteiger partial charge in [-0.15, -0.1) is 0 Å². The fourth-order valence-electron chi connectivity index (χ4n) is 2.21. The van der Waals surface area contributed by atoms with Crippen molar-refractivity contribution in [1.82, 2.24) is 9.66 Å². The van der Waals surface area contributed by atoms with E-state index < -0.39 is 5.56 Å². The smallest absolute Gasteiger partial charge is 0.295 e. The second kappa shape index (κ2) is 7.19. The summed E-state index contributed by atoms with van der Waals surface area (Å²) in [5.41, 5.74) is 5.94. The summed E-state index contributed by atoms with van der Waals surface area (Å²) >= 11 is 0. The fourth-order valence-corrected chi connectivity index (χ4v) is 2.21. The van der Waals surface area contributed by atoms with Crippen molar-refractivity contribution >= 4 is 23.7 Å². The highest BCUT2D eigenvalue weighted by atomic mass is 16.3. The van der Waals surface area contributed by atoms with Gasteiger partial charge in [0.25, 0.3) is 5.56 Å². The number of nitriles is 1. The number of anilines is 3. The normalized spacial score (nSPS) is 10.6. The van der Waals surface area contributed by atoms with E-state index >= 15 is 0 Å². The number of aromatic nitrogens is 2. The molecule has 3 aromatic rings. The van der Waals surface area contributed by atoms with Crippen molar-refractivity contribution in [2.75, 3.05) is 11.1 Å². The van der Waals surface area contributed by atoms with E-state index in [2.05, 4.69) is 15.4 Å². The van der Waals surface area contributed by atoms with Crippen molar-refractivity contribution < 1.29 is 5.11 Å². The first-order chi connectivity index (χ1) is 12.6. The van der Waals surface area contributed by atoms with Crippen molar-refractivity contribution in [3.63, 3.8) is 0 Å². The molecule has 0 aliphatic heterocycles. The minimum Gasteiger partial charge on any atom is -0.507 e. The number of benzene rings is 2. The summed E-state index contributed by atoms with van der Waals surface area (Å²) in [6.07, 6.45) is 1.26. The molecule has 128 valence electrons. The second-order valence-electron chi connectivity index (χ2n) is 5.22. The predicted octanol–water partition coefficient (Wildman–Crippen LogP) is 2.03. The number of phenolic OH excluding ortho intramolecular Hbond substituents is 1. The van der Waals surface area contributed by atoms with Crippen LogP contribution in [0.3, 0.4) is 0 Å². The maximum Gasteiger partial charge on any atom is 0.295 e. The summed E-state index contributed by atoms with van der Waals surface area (Å²) in [5.74, 6) is -0.145. The van der Waals surface area contributed by atoms with Crippen LogP contribution < -0.4 is 16.6 Å². The number of nitrogens with one attached hydrogen (secondary N) is 1. The Balaban J connectivity index is 2.02. The van der Waals surface area contributed by atoms with Crippen molar-refractivity contribution in [1.29, 1.82) is 5.26 Å². The lowest BCUT2D eigenvalue weighted by molar-refractivity contribution is 0.474. The van der Waals surface area contributed by atoms with Gasteiger partial charge in [-0.1, -0.05) is 30.3 Å². The zero-order chi connectivity index (χ0) is 18.5. The Labute approximate surface area is 148 Å². The molecule has 0 saturated heterocycles. The van der Waals surface area contributed by atoms with Crippen LogP contribution in [0.1, 0.15) is 11.1 Å². The number of aromatic hydroxyl groups is 1. The largest absolute Gasteiger partial charge is 0.507 e. The third-order valence-corrected chi connectivity index (χ3v) is 3.48. The van der Waals surface area contributed by atoms with Crippen LogP contribution in [-0.4, -0.2) is 21.0 Å². The Bertz CT molecular complexity index is 1070. The molecule has 0 atom stereocenters. The molecule has 3 rings (SSSR count). The zero-order valence-electron chi connectivity index (χ0n) is 13.5. The van der Waals surface area contributed by atoms with Crippen LogP contribution in [0.15, 0.2) is 64.5 Å². The van der Waals surface area contributed by atoms with Crippen LogP contribution in [-0.2, 0) is 0 Å². The first-order valence-corrected chi connectivity index (χ1v) is 7.57. The van der Waals surface area contributed by atoms with Crippen LogP contribution in [0.5, 0.6) is 5.75 Å². The van der Waals surface area contributed by atoms with Gasteiger partial charge in [-0.3, -0.25) is 4.79 Å². The lowest BCUT2D eigenvalue weighted by Gasteiger charge is -2.10. The molecule has 0 aliphatic carbocycles. The number of para-hydroxylation sites is 2. The SMILES string of the molecule is N#Cc1c(Nc2ccccc2)nc(N)n(/N=C/c2ccccc2O)c1=O. The van der Waals surface area contributed by atoms with E-state index in [0.29, 0.717) is 11.3 Å². The number of phenols is 1. The molecule has 0 amide bonds. The van der Waals surface area contributed by atoms with Crippen LogP contribution in [0, 0.1) is 11.3 Å². The molecule has 1 aromatic heterocycles. The molecule has 8 heteroatoms. The molecule has 1 heterocycles. The Kier molecular flexibility index (Phi) is 4.63. The van der Waals surface area contributed by atoms with E-state index in [1.54, 1.807) is 42.5 Å². The molecule has 0 aliphatic rings. The number of hydrogen-bond donors (Lipinski definition) is 3. The Morgan fingerprint density at radius 2 is 1.88 bits per heavy atom. The van der Waals surface area contributed by atoms with Gasteiger partial charge in [0.1, 0.15) is 11.8 Å². The van der Waals surface area contributed by atoms with Crippen molar-refractivity contribution in [2.45, 2.75) is 0 Å². The molecule has 8 nitrogen and oxygen atoms in total. The highest BCUT2D eigenvalue weighted by Crippen LogP contribution is 2.17. The molecular weight excluding hydrogens is 332 g/mol.